The van der Waals surface area contributed by atoms with Gasteiger partial charge in [0.2, 0.25) is 0 Å². The molecule has 1 aliphatic rings. The summed E-state index contributed by atoms with van der Waals surface area (Å²) in [6.45, 7) is 2.86. The highest BCUT2D eigenvalue weighted by Crippen LogP contribution is 2.38. The molecule has 5 nitrogen and oxygen atoms in total. The number of carboxylic acid groups (broad SMARTS) is 1. The Balaban J connectivity index is 2.06. The van der Waals surface area contributed by atoms with Crippen LogP contribution in [-0.2, 0) is 0 Å². The second-order valence-corrected chi connectivity index (χ2v) is 6.19. The van der Waals surface area contributed by atoms with Gasteiger partial charge in [0.05, 0.1) is 11.3 Å². The third-order valence-electron chi connectivity index (χ3n) is 3.58. The van der Waals surface area contributed by atoms with Gasteiger partial charge in [0, 0.05) is 18.1 Å². The zero-order valence-electron chi connectivity index (χ0n) is 11.4. The summed E-state index contributed by atoms with van der Waals surface area (Å²) in [5.41, 5.74) is 0.377. The minimum atomic E-state index is -1.06. The molecule has 2 rings (SSSR count). The van der Waals surface area contributed by atoms with E-state index in [1.54, 1.807) is 24.1 Å². The number of carbonyl (C=O) groups excluding carboxylic acids is 1. The number of nitrogens with zero attached hydrogens (tertiary/aromatic N) is 1. The summed E-state index contributed by atoms with van der Waals surface area (Å²) < 4.78 is 0.719. The molecule has 1 aliphatic carbocycles. The topological polar surface area (TPSA) is 69.6 Å². The maximum absolute atomic E-state index is 12.1. The van der Waals surface area contributed by atoms with Crippen molar-refractivity contribution in [3.8, 4) is 0 Å². The van der Waals surface area contributed by atoms with E-state index in [-0.39, 0.29) is 11.6 Å². The lowest BCUT2D eigenvalue weighted by Gasteiger charge is -2.18. The monoisotopic (exact) mass is 340 g/mol. The van der Waals surface area contributed by atoms with Gasteiger partial charge in [0.15, 0.2) is 0 Å². The average Bonchev–Trinajstić information content (AvgIpc) is 3.04. The normalized spacial score (nSPS) is 20.4. The summed E-state index contributed by atoms with van der Waals surface area (Å²) >= 11 is 3.27. The van der Waals surface area contributed by atoms with E-state index in [2.05, 4.69) is 28.2 Å². The molecule has 2 atom stereocenters. The number of urea groups is 1. The predicted octanol–water partition coefficient (Wildman–Crippen LogP) is 3.27. The number of carbonyl (C=O) groups is 2. The molecule has 1 aromatic carbocycles. The highest BCUT2D eigenvalue weighted by molar-refractivity contribution is 9.10. The Morgan fingerprint density at radius 1 is 1.50 bits per heavy atom. The van der Waals surface area contributed by atoms with E-state index in [0.717, 1.165) is 10.9 Å². The van der Waals surface area contributed by atoms with Crippen molar-refractivity contribution >= 4 is 33.6 Å². The van der Waals surface area contributed by atoms with Crippen LogP contribution in [0.15, 0.2) is 22.7 Å². The SMILES string of the molecule is CC1CC1CN(C)C(=O)Nc1cc(Br)ccc1C(=O)O. The number of benzene rings is 1. The maximum Gasteiger partial charge on any atom is 0.337 e. The lowest BCUT2D eigenvalue weighted by Crippen LogP contribution is -2.33. The van der Waals surface area contributed by atoms with Crippen LogP contribution in [0.1, 0.15) is 23.7 Å². The number of amides is 2. The first-order chi connectivity index (χ1) is 9.38. The fourth-order valence-electron chi connectivity index (χ4n) is 2.11. The summed E-state index contributed by atoms with van der Waals surface area (Å²) in [7, 11) is 1.72. The first kappa shape index (κ1) is 14.8. The number of rotatable bonds is 4. The van der Waals surface area contributed by atoms with Crippen molar-refractivity contribution in [2.45, 2.75) is 13.3 Å². The van der Waals surface area contributed by atoms with Crippen molar-refractivity contribution in [2.75, 3.05) is 18.9 Å². The van der Waals surface area contributed by atoms with Crippen LogP contribution in [0.25, 0.3) is 0 Å². The van der Waals surface area contributed by atoms with Gasteiger partial charge in [-0.3, -0.25) is 0 Å². The number of anilines is 1. The summed E-state index contributed by atoms with van der Waals surface area (Å²) in [6, 6.07) is 4.40. The van der Waals surface area contributed by atoms with Gasteiger partial charge in [-0.05, 0) is 36.5 Å². The maximum atomic E-state index is 12.1. The van der Waals surface area contributed by atoms with Crippen molar-refractivity contribution in [1.29, 1.82) is 0 Å². The van der Waals surface area contributed by atoms with E-state index in [9.17, 15) is 9.59 Å². The molecule has 1 saturated carbocycles. The van der Waals surface area contributed by atoms with Crippen LogP contribution < -0.4 is 5.32 Å². The Morgan fingerprint density at radius 2 is 2.15 bits per heavy atom. The minimum Gasteiger partial charge on any atom is -0.478 e. The molecule has 20 heavy (non-hydrogen) atoms. The molecule has 0 bridgehead atoms. The molecule has 2 amide bonds. The molecule has 0 heterocycles. The van der Waals surface area contributed by atoms with Gasteiger partial charge in [-0.15, -0.1) is 0 Å². The van der Waals surface area contributed by atoms with Crippen LogP contribution in [0.3, 0.4) is 0 Å². The molecule has 108 valence electrons. The van der Waals surface area contributed by atoms with Crippen molar-refractivity contribution < 1.29 is 14.7 Å². The van der Waals surface area contributed by atoms with E-state index in [1.807, 2.05) is 0 Å². The number of hydrogen-bond acceptors (Lipinski definition) is 2. The Hall–Kier alpha value is -1.56. The van der Waals surface area contributed by atoms with Crippen molar-refractivity contribution in [1.82, 2.24) is 4.90 Å². The summed E-state index contributed by atoms with van der Waals surface area (Å²) in [5.74, 6) is 0.171. The zero-order chi connectivity index (χ0) is 14.9. The van der Waals surface area contributed by atoms with E-state index < -0.39 is 5.97 Å². The highest BCUT2D eigenvalue weighted by atomic mass is 79.9. The van der Waals surface area contributed by atoms with Gasteiger partial charge in [-0.1, -0.05) is 22.9 Å². The smallest absolute Gasteiger partial charge is 0.337 e. The van der Waals surface area contributed by atoms with Crippen molar-refractivity contribution in [3.05, 3.63) is 28.2 Å². The van der Waals surface area contributed by atoms with E-state index in [0.29, 0.717) is 24.1 Å². The van der Waals surface area contributed by atoms with Crippen molar-refractivity contribution in [2.24, 2.45) is 11.8 Å². The molecule has 2 unspecified atom stereocenters. The van der Waals surface area contributed by atoms with E-state index >= 15 is 0 Å². The zero-order valence-corrected chi connectivity index (χ0v) is 13.0. The number of hydrogen-bond donors (Lipinski definition) is 2. The second-order valence-electron chi connectivity index (χ2n) is 5.28. The Labute approximate surface area is 126 Å². The standard InChI is InChI=1S/C14H17BrN2O3/c1-8-5-9(8)7-17(2)14(20)16-12-6-10(15)3-4-11(12)13(18)19/h3-4,6,8-9H,5,7H2,1-2H3,(H,16,20)(H,18,19). The fraction of sp³-hybridized carbons (Fsp3) is 0.429. The molecule has 0 spiro atoms. The number of aromatic carboxylic acids is 1. The third-order valence-corrected chi connectivity index (χ3v) is 4.08. The number of nitrogens with one attached hydrogen (secondary N) is 1. The summed E-state index contributed by atoms with van der Waals surface area (Å²) in [6.07, 6.45) is 1.15. The molecule has 6 heteroatoms. The van der Waals surface area contributed by atoms with E-state index in [1.165, 1.54) is 6.07 Å². The molecule has 0 saturated heterocycles. The average molecular weight is 341 g/mol. The van der Waals surface area contributed by atoms with Crippen LogP contribution in [-0.4, -0.2) is 35.6 Å². The van der Waals surface area contributed by atoms with E-state index in [4.69, 9.17) is 5.11 Å². The van der Waals surface area contributed by atoms with Crippen LogP contribution in [0, 0.1) is 11.8 Å². The largest absolute Gasteiger partial charge is 0.478 e. The van der Waals surface area contributed by atoms with Crippen LogP contribution >= 0.6 is 15.9 Å². The van der Waals surface area contributed by atoms with Crippen molar-refractivity contribution in [3.63, 3.8) is 0 Å². The Bertz CT molecular complexity index is 547. The second kappa shape index (κ2) is 5.83. The van der Waals surface area contributed by atoms with Gasteiger partial charge in [0.25, 0.3) is 0 Å². The van der Waals surface area contributed by atoms with Gasteiger partial charge < -0.3 is 15.3 Å². The molecule has 0 aromatic heterocycles. The molecule has 1 aromatic rings. The third kappa shape index (κ3) is 3.50. The first-order valence-electron chi connectivity index (χ1n) is 6.43. The van der Waals surface area contributed by atoms with Crippen LogP contribution in [0.5, 0.6) is 0 Å². The van der Waals surface area contributed by atoms with Crippen LogP contribution in [0.4, 0.5) is 10.5 Å². The summed E-state index contributed by atoms with van der Waals surface area (Å²) in [4.78, 5) is 24.8. The number of carboxylic acids is 1. The summed E-state index contributed by atoms with van der Waals surface area (Å²) in [5, 5.41) is 11.8. The quantitative estimate of drug-likeness (QED) is 0.883. The fourth-order valence-corrected chi connectivity index (χ4v) is 2.47. The van der Waals surface area contributed by atoms with Crippen LogP contribution in [0.2, 0.25) is 0 Å². The Kier molecular flexibility index (Phi) is 4.32. The minimum absolute atomic E-state index is 0.0785. The predicted molar refractivity (Wildman–Crippen MR) is 80.0 cm³/mol. The molecule has 0 aliphatic heterocycles. The highest BCUT2D eigenvalue weighted by Gasteiger charge is 2.34. The molecule has 1 fully saturated rings. The van der Waals surface area contributed by atoms with Gasteiger partial charge >= 0.3 is 12.0 Å². The molecular formula is C14H17BrN2O3. The first-order valence-corrected chi connectivity index (χ1v) is 7.22. The number of halogens is 1. The molecule has 2 N–H and O–H groups in total. The molecular weight excluding hydrogens is 324 g/mol. The van der Waals surface area contributed by atoms with Gasteiger partial charge in [-0.25, -0.2) is 9.59 Å². The Morgan fingerprint density at radius 3 is 2.70 bits per heavy atom. The lowest BCUT2D eigenvalue weighted by atomic mass is 10.2. The molecule has 0 radical (unpaired) electrons. The van der Waals surface area contributed by atoms with Gasteiger partial charge in [-0.2, -0.15) is 0 Å². The lowest BCUT2D eigenvalue weighted by molar-refractivity contribution is 0.0698. The van der Waals surface area contributed by atoms with Gasteiger partial charge in [0.1, 0.15) is 0 Å².